The molecule has 0 aliphatic heterocycles. The van der Waals surface area contributed by atoms with Crippen LogP contribution in [0.3, 0.4) is 0 Å². The number of rotatable bonds is 1. The van der Waals surface area contributed by atoms with E-state index in [1.807, 2.05) is 0 Å². The van der Waals surface area contributed by atoms with Gasteiger partial charge in [0.05, 0.1) is 5.02 Å². The molecular formula is C15H19ClF2. The van der Waals surface area contributed by atoms with Crippen LogP contribution in [0.2, 0.25) is 5.02 Å². The van der Waals surface area contributed by atoms with Crippen LogP contribution in [0.4, 0.5) is 8.78 Å². The second kappa shape index (κ2) is 4.19. The van der Waals surface area contributed by atoms with Gasteiger partial charge in [-0.2, -0.15) is 0 Å². The molecule has 0 radical (unpaired) electrons. The summed E-state index contributed by atoms with van der Waals surface area (Å²) in [5, 5.41) is 0.00825. The number of hydrogen-bond acceptors (Lipinski definition) is 0. The molecule has 0 heterocycles. The molecule has 100 valence electrons. The fraction of sp³-hybridized carbons (Fsp3) is 0.600. The quantitative estimate of drug-likeness (QED) is 0.588. The van der Waals surface area contributed by atoms with E-state index < -0.39 is 11.6 Å². The van der Waals surface area contributed by atoms with E-state index in [0.29, 0.717) is 5.56 Å². The van der Waals surface area contributed by atoms with Gasteiger partial charge < -0.3 is 0 Å². The number of benzene rings is 1. The Bertz CT molecular complexity index is 462. The first kappa shape index (κ1) is 13.8. The van der Waals surface area contributed by atoms with Crippen molar-refractivity contribution in [3.05, 3.63) is 34.4 Å². The first-order valence-corrected chi connectivity index (χ1v) is 6.66. The van der Waals surface area contributed by atoms with Crippen molar-refractivity contribution in [1.82, 2.24) is 0 Å². The Morgan fingerprint density at radius 2 is 1.50 bits per heavy atom. The Morgan fingerprint density at radius 1 is 1.00 bits per heavy atom. The van der Waals surface area contributed by atoms with E-state index >= 15 is 0 Å². The van der Waals surface area contributed by atoms with E-state index in [9.17, 15) is 8.78 Å². The maximum absolute atomic E-state index is 13.9. The smallest absolute Gasteiger partial charge is 0.144 e. The van der Waals surface area contributed by atoms with Gasteiger partial charge in [-0.3, -0.25) is 0 Å². The molecule has 3 heteroatoms. The highest BCUT2D eigenvalue weighted by Crippen LogP contribution is 2.58. The third kappa shape index (κ3) is 2.16. The zero-order valence-corrected chi connectivity index (χ0v) is 12.0. The molecule has 0 aromatic heterocycles. The molecule has 0 nitrogen and oxygen atoms in total. The van der Waals surface area contributed by atoms with Crippen LogP contribution < -0.4 is 0 Å². The van der Waals surface area contributed by atoms with Crippen molar-refractivity contribution in [1.29, 1.82) is 0 Å². The van der Waals surface area contributed by atoms with Crippen molar-refractivity contribution in [2.24, 2.45) is 10.8 Å². The van der Waals surface area contributed by atoms with Crippen molar-refractivity contribution >= 4 is 11.6 Å². The van der Waals surface area contributed by atoms with E-state index in [1.165, 1.54) is 6.07 Å². The SMILES string of the molecule is CC1(C)CC(c2cc(Cl)c(F)cc2F)CC1(C)C. The molecule has 0 amide bonds. The molecule has 1 fully saturated rings. The first-order chi connectivity index (χ1) is 8.14. The summed E-state index contributed by atoms with van der Waals surface area (Å²) in [4.78, 5) is 0. The van der Waals surface area contributed by atoms with Crippen molar-refractivity contribution in [3.8, 4) is 0 Å². The summed E-state index contributed by atoms with van der Waals surface area (Å²) >= 11 is 5.76. The minimum atomic E-state index is -0.686. The van der Waals surface area contributed by atoms with Crippen LogP contribution in [-0.4, -0.2) is 0 Å². The lowest BCUT2D eigenvalue weighted by atomic mass is 9.71. The lowest BCUT2D eigenvalue weighted by molar-refractivity contribution is 0.157. The van der Waals surface area contributed by atoms with E-state index in [1.54, 1.807) is 0 Å². The molecule has 0 unspecified atom stereocenters. The van der Waals surface area contributed by atoms with Crippen LogP contribution in [-0.2, 0) is 0 Å². The second-order valence-electron chi connectivity index (χ2n) is 6.66. The lowest BCUT2D eigenvalue weighted by Gasteiger charge is -2.34. The largest absolute Gasteiger partial charge is 0.207 e. The molecule has 18 heavy (non-hydrogen) atoms. The molecule has 0 N–H and O–H groups in total. The zero-order valence-electron chi connectivity index (χ0n) is 11.3. The summed E-state index contributed by atoms with van der Waals surface area (Å²) in [6.07, 6.45) is 1.80. The molecule has 0 spiro atoms. The summed E-state index contributed by atoms with van der Waals surface area (Å²) in [7, 11) is 0. The number of hydrogen-bond donors (Lipinski definition) is 0. The van der Waals surface area contributed by atoms with E-state index in [-0.39, 0.29) is 21.8 Å². The minimum Gasteiger partial charge on any atom is -0.207 e. The fourth-order valence-electron chi connectivity index (χ4n) is 2.93. The molecule has 2 rings (SSSR count). The van der Waals surface area contributed by atoms with Gasteiger partial charge in [-0.05, 0) is 41.2 Å². The van der Waals surface area contributed by atoms with Gasteiger partial charge in [-0.15, -0.1) is 0 Å². The van der Waals surface area contributed by atoms with E-state index in [2.05, 4.69) is 27.7 Å². The maximum Gasteiger partial charge on any atom is 0.144 e. The third-order valence-corrected chi connectivity index (χ3v) is 5.11. The van der Waals surface area contributed by atoms with Crippen LogP contribution in [0.1, 0.15) is 52.0 Å². The Kier molecular flexibility index (Phi) is 3.21. The maximum atomic E-state index is 13.9. The van der Waals surface area contributed by atoms with Gasteiger partial charge in [0.2, 0.25) is 0 Å². The summed E-state index contributed by atoms with van der Waals surface area (Å²) in [5.41, 5.74) is 0.843. The Hall–Kier alpha value is -0.630. The standard InChI is InChI=1S/C15H19ClF2/c1-14(2)7-9(8-15(14,3)4)10-5-11(16)13(18)6-12(10)17/h5-6,9H,7-8H2,1-4H3. The topological polar surface area (TPSA) is 0 Å². The molecule has 0 atom stereocenters. The van der Waals surface area contributed by atoms with Gasteiger partial charge in [-0.1, -0.05) is 39.3 Å². The van der Waals surface area contributed by atoms with Crippen molar-refractivity contribution in [3.63, 3.8) is 0 Å². The minimum absolute atomic E-state index is 0.00825. The highest BCUT2D eigenvalue weighted by atomic mass is 35.5. The Morgan fingerprint density at radius 3 is 2.00 bits per heavy atom. The Labute approximate surface area is 112 Å². The summed E-state index contributed by atoms with van der Waals surface area (Å²) in [6, 6.07) is 2.35. The van der Waals surface area contributed by atoms with Gasteiger partial charge in [-0.25, -0.2) is 8.78 Å². The van der Waals surface area contributed by atoms with Crippen LogP contribution in [0.5, 0.6) is 0 Å². The molecule has 0 saturated heterocycles. The molecule has 1 aromatic rings. The predicted molar refractivity (Wildman–Crippen MR) is 70.9 cm³/mol. The molecule has 1 aliphatic rings. The lowest BCUT2D eigenvalue weighted by Crippen LogP contribution is -2.25. The summed E-state index contributed by atoms with van der Waals surface area (Å²) in [6.45, 7) is 8.82. The molecular weight excluding hydrogens is 254 g/mol. The molecule has 1 aromatic carbocycles. The average Bonchev–Trinajstić information content (AvgIpc) is 2.42. The van der Waals surface area contributed by atoms with Gasteiger partial charge in [0.1, 0.15) is 11.6 Å². The Balaban J connectivity index is 2.38. The van der Waals surface area contributed by atoms with E-state index in [4.69, 9.17) is 11.6 Å². The van der Waals surface area contributed by atoms with Crippen molar-refractivity contribution < 1.29 is 8.78 Å². The molecule has 0 bridgehead atoms. The highest BCUT2D eigenvalue weighted by Gasteiger charge is 2.47. The van der Waals surface area contributed by atoms with Gasteiger partial charge in [0.15, 0.2) is 0 Å². The predicted octanol–water partition coefficient (Wildman–Crippen LogP) is 5.55. The van der Waals surface area contributed by atoms with Crippen molar-refractivity contribution in [2.75, 3.05) is 0 Å². The summed E-state index contributed by atoms with van der Waals surface area (Å²) < 4.78 is 27.1. The number of halogens is 3. The van der Waals surface area contributed by atoms with Crippen LogP contribution >= 0.6 is 11.6 Å². The normalized spacial score (nSPS) is 22.4. The monoisotopic (exact) mass is 272 g/mol. The van der Waals surface area contributed by atoms with Crippen LogP contribution in [0.15, 0.2) is 12.1 Å². The fourth-order valence-corrected chi connectivity index (χ4v) is 3.10. The van der Waals surface area contributed by atoms with Gasteiger partial charge in [0, 0.05) is 6.07 Å². The zero-order chi connectivity index (χ0) is 13.7. The highest BCUT2D eigenvalue weighted by molar-refractivity contribution is 6.30. The van der Waals surface area contributed by atoms with Gasteiger partial charge in [0.25, 0.3) is 0 Å². The van der Waals surface area contributed by atoms with Gasteiger partial charge >= 0.3 is 0 Å². The van der Waals surface area contributed by atoms with E-state index in [0.717, 1.165) is 18.9 Å². The van der Waals surface area contributed by atoms with Crippen LogP contribution in [0.25, 0.3) is 0 Å². The summed E-state index contributed by atoms with van der Waals surface area (Å²) in [5.74, 6) is -1.04. The first-order valence-electron chi connectivity index (χ1n) is 6.28. The van der Waals surface area contributed by atoms with Crippen molar-refractivity contribution in [2.45, 2.75) is 46.5 Å². The molecule has 1 aliphatic carbocycles. The second-order valence-corrected chi connectivity index (χ2v) is 7.07. The third-order valence-electron chi connectivity index (χ3n) is 4.82. The van der Waals surface area contributed by atoms with Crippen LogP contribution in [0, 0.1) is 22.5 Å². The molecule has 1 saturated carbocycles. The average molecular weight is 273 g/mol.